The van der Waals surface area contributed by atoms with E-state index in [0.29, 0.717) is 29.5 Å². The van der Waals surface area contributed by atoms with Gasteiger partial charge in [-0.3, -0.25) is 4.79 Å². The Morgan fingerprint density at radius 2 is 2.00 bits per heavy atom. The molecule has 23 heavy (non-hydrogen) atoms. The van der Waals surface area contributed by atoms with Crippen LogP contribution in [-0.2, 0) is 0 Å². The summed E-state index contributed by atoms with van der Waals surface area (Å²) in [5, 5.41) is 5.93. The highest BCUT2D eigenvalue weighted by Gasteiger charge is 2.07. The van der Waals surface area contributed by atoms with Gasteiger partial charge in [0.2, 0.25) is 0 Å². The van der Waals surface area contributed by atoms with Crippen LogP contribution in [-0.4, -0.2) is 17.4 Å². The second-order valence-corrected chi connectivity index (χ2v) is 6.03. The van der Waals surface area contributed by atoms with Gasteiger partial charge in [-0.2, -0.15) is 0 Å². The molecule has 0 fully saturated rings. The number of nitrogens with one attached hydrogen (secondary N) is 2. The number of halogens is 2. The lowest BCUT2D eigenvalue weighted by Gasteiger charge is -2.09. The highest BCUT2D eigenvalue weighted by molar-refractivity contribution is 6.31. The molecule has 1 aromatic heterocycles. The standard InChI is InChI=1S/C17H19ClFN3O/c1-11(2)7-8-20-17(23)16-6-4-13(10-21-16)22-12-3-5-15(19)14(18)9-12/h3-6,9-11,22H,7-8H2,1-2H3,(H,20,23). The summed E-state index contributed by atoms with van der Waals surface area (Å²) in [5.74, 6) is -0.122. The topological polar surface area (TPSA) is 54.0 Å². The normalized spacial score (nSPS) is 10.7. The molecule has 122 valence electrons. The number of carbonyl (C=O) groups excluding carboxylic acids is 1. The van der Waals surface area contributed by atoms with Crippen molar-refractivity contribution in [3.05, 3.63) is 53.1 Å². The number of hydrogen-bond acceptors (Lipinski definition) is 3. The van der Waals surface area contributed by atoms with E-state index in [1.54, 1.807) is 24.4 Å². The van der Waals surface area contributed by atoms with E-state index in [-0.39, 0.29) is 10.9 Å². The predicted molar refractivity (Wildman–Crippen MR) is 90.7 cm³/mol. The summed E-state index contributed by atoms with van der Waals surface area (Å²) in [6, 6.07) is 7.73. The number of aromatic nitrogens is 1. The van der Waals surface area contributed by atoms with Gasteiger partial charge in [0.15, 0.2) is 0 Å². The fraction of sp³-hybridized carbons (Fsp3) is 0.294. The zero-order valence-electron chi connectivity index (χ0n) is 13.1. The molecular weight excluding hydrogens is 317 g/mol. The number of nitrogens with zero attached hydrogens (tertiary/aromatic N) is 1. The van der Waals surface area contributed by atoms with E-state index in [2.05, 4.69) is 29.5 Å². The van der Waals surface area contributed by atoms with Crippen molar-refractivity contribution in [2.45, 2.75) is 20.3 Å². The third kappa shape index (κ3) is 5.21. The van der Waals surface area contributed by atoms with Crippen LogP contribution in [0.25, 0.3) is 0 Å². The van der Waals surface area contributed by atoms with E-state index in [0.717, 1.165) is 6.42 Å². The fourth-order valence-electron chi connectivity index (χ4n) is 1.91. The van der Waals surface area contributed by atoms with E-state index in [1.807, 2.05) is 0 Å². The summed E-state index contributed by atoms with van der Waals surface area (Å²) in [5.41, 5.74) is 1.69. The SMILES string of the molecule is CC(C)CCNC(=O)c1ccc(Nc2ccc(F)c(Cl)c2)cn1. The molecule has 1 aromatic carbocycles. The zero-order chi connectivity index (χ0) is 16.8. The lowest BCUT2D eigenvalue weighted by atomic mass is 10.1. The van der Waals surface area contributed by atoms with Crippen molar-refractivity contribution in [1.82, 2.24) is 10.3 Å². The maximum atomic E-state index is 13.1. The fourth-order valence-corrected chi connectivity index (χ4v) is 2.09. The Labute approximate surface area is 140 Å². The lowest BCUT2D eigenvalue weighted by molar-refractivity contribution is 0.0947. The van der Waals surface area contributed by atoms with Gasteiger partial charge in [-0.15, -0.1) is 0 Å². The van der Waals surface area contributed by atoms with E-state index in [9.17, 15) is 9.18 Å². The number of hydrogen-bond donors (Lipinski definition) is 2. The van der Waals surface area contributed by atoms with E-state index in [4.69, 9.17) is 11.6 Å². The number of pyridine rings is 1. The molecule has 0 aliphatic carbocycles. The van der Waals surface area contributed by atoms with Gasteiger partial charge in [0.05, 0.1) is 16.9 Å². The summed E-state index contributed by atoms with van der Waals surface area (Å²) in [6.07, 6.45) is 2.48. The maximum absolute atomic E-state index is 13.1. The van der Waals surface area contributed by atoms with Gasteiger partial charge in [-0.1, -0.05) is 25.4 Å². The van der Waals surface area contributed by atoms with Gasteiger partial charge in [-0.25, -0.2) is 9.37 Å². The van der Waals surface area contributed by atoms with Crippen molar-refractivity contribution in [3.8, 4) is 0 Å². The molecule has 6 heteroatoms. The second kappa shape index (κ2) is 7.92. The van der Waals surface area contributed by atoms with Gasteiger partial charge in [0, 0.05) is 12.2 Å². The Hall–Kier alpha value is -2.14. The summed E-state index contributed by atoms with van der Waals surface area (Å²) < 4.78 is 13.1. The van der Waals surface area contributed by atoms with Crippen LogP contribution >= 0.6 is 11.6 Å². The van der Waals surface area contributed by atoms with Crippen LogP contribution in [0.3, 0.4) is 0 Å². The highest BCUT2D eigenvalue weighted by atomic mass is 35.5. The second-order valence-electron chi connectivity index (χ2n) is 5.62. The Bertz CT molecular complexity index is 674. The first-order chi connectivity index (χ1) is 11.0. The molecule has 0 atom stereocenters. The van der Waals surface area contributed by atoms with Crippen LogP contribution < -0.4 is 10.6 Å². The van der Waals surface area contributed by atoms with Crippen LogP contribution in [0.15, 0.2) is 36.5 Å². The smallest absolute Gasteiger partial charge is 0.269 e. The molecule has 0 saturated carbocycles. The average molecular weight is 336 g/mol. The summed E-state index contributed by atoms with van der Waals surface area (Å²) in [4.78, 5) is 16.1. The molecule has 1 amide bonds. The minimum Gasteiger partial charge on any atom is -0.354 e. The molecule has 2 aromatic rings. The summed E-state index contributed by atoms with van der Waals surface area (Å²) in [6.45, 7) is 4.84. The number of rotatable bonds is 6. The first-order valence-electron chi connectivity index (χ1n) is 7.42. The molecule has 4 nitrogen and oxygen atoms in total. The molecule has 1 heterocycles. The van der Waals surface area contributed by atoms with Gasteiger partial charge < -0.3 is 10.6 Å². The Kier molecular flexibility index (Phi) is 5.93. The van der Waals surface area contributed by atoms with Crippen molar-refractivity contribution in [1.29, 1.82) is 0 Å². The minimum atomic E-state index is -0.469. The van der Waals surface area contributed by atoms with Gasteiger partial charge >= 0.3 is 0 Å². The van der Waals surface area contributed by atoms with Gasteiger partial charge in [0.1, 0.15) is 11.5 Å². The first-order valence-corrected chi connectivity index (χ1v) is 7.80. The van der Waals surface area contributed by atoms with Crippen molar-refractivity contribution >= 4 is 28.9 Å². The number of benzene rings is 1. The number of carbonyl (C=O) groups is 1. The van der Waals surface area contributed by atoms with Gasteiger partial charge in [0.25, 0.3) is 5.91 Å². The monoisotopic (exact) mass is 335 g/mol. The summed E-state index contributed by atoms with van der Waals surface area (Å²) >= 11 is 5.73. The third-order valence-electron chi connectivity index (χ3n) is 3.21. The Balaban J connectivity index is 1.96. The van der Waals surface area contributed by atoms with E-state index >= 15 is 0 Å². The van der Waals surface area contributed by atoms with Crippen molar-refractivity contribution < 1.29 is 9.18 Å². The van der Waals surface area contributed by atoms with Gasteiger partial charge in [-0.05, 0) is 42.7 Å². The zero-order valence-corrected chi connectivity index (χ0v) is 13.8. The Morgan fingerprint density at radius 3 is 2.61 bits per heavy atom. The van der Waals surface area contributed by atoms with Crippen LogP contribution in [0.4, 0.5) is 15.8 Å². The molecule has 0 spiro atoms. The quantitative estimate of drug-likeness (QED) is 0.823. The van der Waals surface area contributed by atoms with Crippen LogP contribution in [0.2, 0.25) is 5.02 Å². The lowest BCUT2D eigenvalue weighted by Crippen LogP contribution is -2.26. The van der Waals surface area contributed by atoms with E-state index < -0.39 is 5.82 Å². The van der Waals surface area contributed by atoms with Crippen LogP contribution in [0.1, 0.15) is 30.8 Å². The molecule has 2 N–H and O–H groups in total. The molecule has 0 bridgehead atoms. The largest absolute Gasteiger partial charge is 0.354 e. The molecular formula is C17H19ClFN3O. The summed E-state index contributed by atoms with van der Waals surface area (Å²) in [7, 11) is 0. The molecule has 0 saturated heterocycles. The maximum Gasteiger partial charge on any atom is 0.269 e. The van der Waals surface area contributed by atoms with E-state index in [1.165, 1.54) is 12.1 Å². The molecule has 0 radical (unpaired) electrons. The van der Waals surface area contributed by atoms with Crippen molar-refractivity contribution in [3.63, 3.8) is 0 Å². The van der Waals surface area contributed by atoms with Crippen LogP contribution in [0.5, 0.6) is 0 Å². The first kappa shape index (κ1) is 17.2. The minimum absolute atomic E-state index is 0.0455. The highest BCUT2D eigenvalue weighted by Crippen LogP contribution is 2.22. The van der Waals surface area contributed by atoms with Crippen LogP contribution in [0, 0.1) is 11.7 Å². The molecule has 0 aliphatic heterocycles. The molecule has 0 aliphatic rings. The van der Waals surface area contributed by atoms with Crippen molar-refractivity contribution in [2.75, 3.05) is 11.9 Å². The predicted octanol–water partition coefficient (Wildman–Crippen LogP) is 4.39. The number of amides is 1. The number of anilines is 2. The Morgan fingerprint density at radius 1 is 1.26 bits per heavy atom. The molecule has 2 rings (SSSR count). The van der Waals surface area contributed by atoms with Crippen molar-refractivity contribution in [2.24, 2.45) is 5.92 Å². The average Bonchev–Trinajstić information content (AvgIpc) is 2.51. The molecule has 0 unspecified atom stereocenters. The third-order valence-corrected chi connectivity index (χ3v) is 3.50.